The van der Waals surface area contributed by atoms with Crippen molar-refractivity contribution in [3.63, 3.8) is 0 Å². The Labute approximate surface area is 81.9 Å². The molecule has 14 heavy (non-hydrogen) atoms. The van der Waals surface area contributed by atoms with Crippen molar-refractivity contribution in [1.29, 1.82) is 0 Å². The Balaban J connectivity index is 2.32. The standard InChI is InChI=1S/C4H2N6O2S2/c11-14(12)9-3-4(10-14)6-2-1(5-3)7-13-8-2/h(H,5,7,9)(H,6,8,10). The lowest BCUT2D eigenvalue weighted by molar-refractivity contribution is 0.607. The summed E-state index contributed by atoms with van der Waals surface area (Å²) in [4.78, 5) is 7.87. The van der Waals surface area contributed by atoms with E-state index in [1.54, 1.807) is 0 Å². The van der Waals surface area contributed by atoms with Gasteiger partial charge in [0.2, 0.25) is 11.3 Å². The van der Waals surface area contributed by atoms with Gasteiger partial charge in [-0.25, -0.2) is 19.4 Å². The minimum atomic E-state index is -3.54. The molecule has 0 bridgehead atoms. The second-order valence-corrected chi connectivity index (χ2v) is 4.48. The molecule has 0 atom stereocenters. The van der Waals surface area contributed by atoms with Crippen molar-refractivity contribution in [3.8, 4) is 0 Å². The average Bonchev–Trinajstić information content (AvgIpc) is 2.59. The fourth-order valence-corrected chi connectivity index (χ4v) is 2.35. The Morgan fingerprint density at radius 3 is 2.00 bits per heavy atom. The summed E-state index contributed by atoms with van der Waals surface area (Å²) >= 11 is 0.975. The minimum absolute atomic E-state index is 0.158. The van der Waals surface area contributed by atoms with E-state index in [0.29, 0.717) is 11.3 Å². The predicted octanol–water partition coefficient (Wildman–Crippen LogP) is -0.437. The summed E-state index contributed by atoms with van der Waals surface area (Å²) in [7, 11) is -3.54. The lowest BCUT2D eigenvalue weighted by Gasteiger charge is -1.91. The molecule has 72 valence electrons. The van der Waals surface area contributed by atoms with Gasteiger partial charge in [0.25, 0.3) is 0 Å². The summed E-state index contributed by atoms with van der Waals surface area (Å²) < 4.78 is 34.1. The van der Waals surface area contributed by atoms with Crippen LogP contribution in [0.15, 0.2) is 0 Å². The molecule has 2 aromatic heterocycles. The van der Waals surface area contributed by atoms with Crippen molar-refractivity contribution in [2.75, 3.05) is 9.44 Å². The maximum atomic E-state index is 11.0. The minimum Gasteiger partial charge on any atom is -0.247 e. The quantitative estimate of drug-likeness (QED) is 0.635. The Kier molecular flexibility index (Phi) is 1.27. The van der Waals surface area contributed by atoms with E-state index < -0.39 is 10.2 Å². The number of anilines is 2. The van der Waals surface area contributed by atoms with Gasteiger partial charge in [0.05, 0.1) is 11.7 Å². The highest BCUT2D eigenvalue weighted by molar-refractivity contribution is 7.94. The van der Waals surface area contributed by atoms with E-state index in [0.717, 1.165) is 11.7 Å². The Morgan fingerprint density at radius 2 is 1.50 bits per heavy atom. The van der Waals surface area contributed by atoms with Gasteiger partial charge in [-0.2, -0.15) is 17.2 Å². The SMILES string of the molecule is O=S1(=O)Nc2nc3nsnc3nc2N1. The van der Waals surface area contributed by atoms with E-state index in [1.165, 1.54) is 0 Å². The molecule has 0 saturated heterocycles. The van der Waals surface area contributed by atoms with E-state index in [9.17, 15) is 8.42 Å². The lowest BCUT2D eigenvalue weighted by Crippen LogP contribution is -2.13. The number of rotatable bonds is 0. The first-order chi connectivity index (χ1) is 6.64. The number of nitrogens with one attached hydrogen (secondary N) is 2. The van der Waals surface area contributed by atoms with Crippen LogP contribution in [-0.4, -0.2) is 27.1 Å². The third-order valence-corrected chi connectivity index (χ3v) is 3.01. The zero-order valence-electron chi connectivity index (χ0n) is 6.42. The van der Waals surface area contributed by atoms with Crippen molar-refractivity contribution in [2.24, 2.45) is 0 Å². The Morgan fingerprint density at radius 1 is 1.00 bits per heavy atom. The van der Waals surface area contributed by atoms with Crippen molar-refractivity contribution < 1.29 is 8.42 Å². The average molecular weight is 230 g/mol. The number of hydrogen-bond acceptors (Lipinski definition) is 7. The van der Waals surface area contributed by atoms with Crippen LogP contribution >= 0.6 is 11.7 Å². The largest absolute Gasteiger partial charge is 0.324 e. The molecular formula is C4H2N6O2S2. The topological polar surface area (TPSA) is 110 Å². The molecule has 8 nitrogen and oxygen atoms in total. The molecule has 2 N–H and O–H groups in total. The second-order valence-electron chi connectivity index (χ2n) is 2.54. The molecule has 3 rings (SSSR count). The molecule has 1 aliphatic heterocycles. The van der Waals surface area contributed by atoms with Crippen LogP contribution in [0.3, 0.4) is 0 Å². The summed E-state index contributed by atoms with van der Waals surface area (Å²) in [5, 5.41) is 0. The van der Waals surface area contributed by atoms with E-state index >= 15 is 0 Å². The highest BCUT2D eigenvalue weighted by Crippen LogP contribution is 2.26. The molecule has 0 fully saturated rings. The highest BCUT2D eigenvalue weighted by atomic mass is 32.2. The molecule has 0 aromatic carbocycles. The molecule has 0 radical (unpaired) electrons. The third kappa shape index (κ3) is 1.01. The Bertz CT molecular complexity index is 572. The summed E-state index contributed by atoms with van der Waals surface area (Å²) in [6, 6.07) is 0. The fraction of sp³-hybridized carbons (Fsp3) is 0. The van der Waals surface area contributed by atoms with E-state index in [1.807, 2.05) is 0 Å². The van der Waals surface area contributed by atoms with Gasteiger partial charge in [-0.05, 0) is 0 Å². The van der Waals surface area contributed by atoms with Crippen molar-refractivity contribution in [1.82, 2.24) is 18.7 Å². The molecule has 3 heterocycles. The fourth-order valence-electron chi connectivity index (χ4n) is 1.06. The van der Waals surface area contributed by atoms with Crippen molar-refractivity contribution in [2.45, 2.75) is 0 Å². The van der Waals surface area contributed by atoms with Gasteiger partial charge in [0, 0.05) is 0 Å². The van der Waals surface area contributed by atoms with Gasteiger partial charge < -0.3 is 0 Å². The molecule has 0 unspecified atom stereocenters. The first kappa shape index (κ1) is 7.82. The zero-order chi connectivity index (χ0) is 9.76. The molecular weight excluding hydrogens is 228 g/mol. The summed E-state index contributed by atoms with van der Waals surface area (Å²) in [5.41, 5.74) is 0.667. The maximum absolute atomic E-state index is 11.0. The first-order valence-electron chi connectivity index (χ1n) is 3.45. The number of nitrogens with zero attached hydrogens (tertiary/aromatic N) is 4. The maximum Gasteiger partial charge on any atom is 0.324 e. The van der Waals surface area contributed by atoms with Crippen LogP contribution in [0.4, 0.5) is 11.6 Å². The number of fused-ring (bicyclic) bond motifs is 2. The lowest BCUT2D eigenvalue weighted by atomic mass is 10.6. The van der Waals surface area contributed by atoms with Crippen molar-refractivity contribution >= 4 is 44.9 Å². The van der Waals surface area contributed by atoms with Gasteiger partial charge in [0.1, 0.15) is 0 Å². The third-order valence-electron chi connectivity index (χ3n) is 1.58. The van der Waals surface area contributed by atoms with Gasteiger partial charge >= 0.3 is 10.2 Å². The predicted molar refractivity (Wildman–Crippen MR) is 49.2 cm³/mol. The van der Waals surface area contributed by atoms with Crippen LogP contribution in [0.5, 0.6) is 0 Å². The molecule has 2 aromatic rings. The second kappa shape index (κ2) is 2.27. The molecule has 1 aliphatic rings. The summed E-state index contributed by atoms with van der Waals surface area (Å²) in [6.45, 7) is 0. The van der Waals surface area contributed by atoms with E-state index in [2.05, 4.69) is 28.2 Å². The van der Waals surface area contributed by atoms with Crippen LogP contribution < -0.4 is 9.44 Å². The first-order valence-corrected chi connectivity index (χ1v) is 5.66. The molecule has 0 spiro atoms. The van der Waals surface area contributed by atoms with Gasteiger partial charge in [-0.15, -0.1) is 0 Å². The van der Waals surface area contributed by atoms with Gasteiger partial charge in [-0.1, -0.05) is 0 Å². The van der Waals surface area contributed by atoms with Crippen LogP contribution in [-0.2, 0) is 10.2 Å². The van der Waals surface area contributed by atoms with E-state index in [4.69, 9.17) is 0 Å². The van der Waals surface area contributed by atoms with Crippen molar-refractivity contribution in [3.05, 3.63) is 0 Å². The van der Waals surface area contributed by atoms with Crippen LogP contribution in [0.2, 0.25) is 0 Å². The molecule has 10 heteroatoms. The normalized spacial score (nSPS) is 17.4. The smallest absolute Gasteiger partial charge is 0.247 e. The summed E-state index contributed by atoms with van der Waals surface area (Å²) in [5.74, 6) is 0.315. The number of aromatic nitrogens is 4. The molecule has 0 saturated carbocycles. The molecule has 0 amide bonds. The summed E-state index contributed by atoms with van der Waals surface area (Å²) in [6.07, 6.45) is 0. The van der Waals surface area contributed by atoms with E-state index in [-0.39, 0.29) is 11.6 Å². The zero-order valence-corrected chi connectivity index (χ0v) is 8.05. The monoisotopic (exact) mass is 230 g/mol. The van der Waals surface area contributed by atoms with Crippen LogP contribution in [0.25, 0.3) is 11.3 Å². The van der Waals surface area contributed by atoms with Crippen LogP contribution in [0, 0.1) is 0 Å². The highest BCUT2D eigenvalue weighted by Gasteiger charge is 2.26. The van der Waals surface area contributed by atoms with Crippen LogP contribution in [0.1, 0.15) is 0 Å². The number of hydrogen-bond donors (Lipinski definition) is 2. The Hall–Kier alpha value is -1.55. The van der Waals surface area contributed by atoms with Gasteiger partial charge in [-0.3, -0.25) is 0 Å². The van der Waals surface area contributed by atoms with Gasteiger partial charge in [0.15, 0.2) is 11.6 Å². The molecule has 0 aliphatic carbocycles.